The molecule has 0 aromatic heterocycles. The van der Waals surface area contributed by atoms with Crippen LogP contribution in [-0.2, 0) is 6.42 Å². The maximum atomic E-state index is 11.0. The first-order valence-electron chi connectivity index (χ1n) is 4.79. The predicted octanol–water partition coefficient (Wildman–Crippen LogP) is 3.11. The van der Waals surface area contributed by atoms with Gasteiger partial charge in [0.05, 0.1) is 6.61 Å². The van der Waals surface area contributed by atoms with Crippen molar-refractivity contribution in [2.75, 3.05) is 6.61 Å². The van der Waals surface area contributed by atoms with Crippen LogP contribution in [0, 0.1) is 0 Å². The highest BCUT2D eigenvalue weighted by Gasteiger charge is 2.16. The number of aromatic carboxylic acids is 1. The van der Waals surface area contributed by atoms with Crippen LogP contribution < -0.4 is 4.74 Å². The van der Waals surface area contributed by atoms with Gasteiger partial charge in [0.15, 0.2) is 0 Å². The number of hydrogen-bond acceptors (Lipinski definition) is 2. The zero-order chi connectivity index (χ0) is 11.4. The van der Waals surface area contributed by atoms with Gasteiger partial charge in [0.2, 0.25) is 0 Å². The van der Waals surface area contributed by atoms with Gasteiger partial charge in [-0.1, -0.05) is 22.9 Å². The summed E-state index contributed by atoms with van der Waals surface area (Å²) >= 11 is 3.39. The second kappa shape index (κ2) is 5.16. The zero-order valence-corrected chi connectivity index (χ0v) is 10.3. The molecule has 82 valence electrons. The van der Waals surface area contributed by atoms with Gasteiger partial charge in [-0.25, -0.2) is 4.79 Å². The van der Waals surface area contributed by atoms with Gasteiger partial charge in [-0.3, -0.25) is 0 Å². The molecule has 0 saturated carbocycles. The van der Waals surface area contributed by atoms with E-state index in [1.807, 2.05) is 13.8 Å². The number of ether oxygens (including phenoxy) is 1. The minimum atomic E-state index is -0.958. The summed E-state index contributed by atoms with van der Waals surface area (Å²) in [7, 11) is 0. The smallest absolute Gasteiger partial charge is 0.339 e. The standard InChI is InChI=1S/C11H13BrO3/c1-3-7-9(12)6-5-8(11(13)14)10(7)15-4-2/h5-6H,3-4H2,1-2H3,(H,13,14). The molecule has 0 radical (unpaired) electrons. The second-order valence-electron chi connectivity index (χ2n) is 2.99. The fourth-order valence-electron chi connectivity index (χ4n) is 1.41. The van der Waals surface area contributed by atoms with Crippen LogP contribution in [0.3, 0.4) is 0 Å². The summed E-state index contributed by atoms with van der Waals surface area (Å²) < 4.78 is 6.28. The van der Waals surface area contributed by atoms with E-state index in [1.54, 1.807) is 12.1 Å². The van der Waals surface area contributed by atoms with Crippen LogP contribution in [-0.4, -0.2) is 17.7 Å². The molecule has 0 aliphatic carbocycles. The monoisotopic (exact) mass is 272 g/mol. The van der Waals surface area contributed by atoms with Gasteiger partial charge in [0, 0.05) is 10.0 Å². The number of carbonyl (C=O) groups is 1. The van der Waals surface area contributed by atoms with Crippen molar-refractivity contribution in [3.8, 4) is 5.75 Å². The Bertz CT molecular complexity index is 374. The molecule has 0 spiro atoms. The van der Waals surface area contributed by atoms with Crippen LogP contribution >= 0.6 is 15.9 Å². The van der Waals surface area contributed by atoms with Crippen LogP contribution in [0.2, 0.25) is 0 Å². The van der Waals surface area contributed by atoms with Gasteiger partial charge >= 0.3 is 5.97 Å². The molecule has 0 heterocycles. The van der Waals surface area contributed by atoms with E-state index in [9.17, 15) is 4.79 Å². The molecule has 0 amide bonds. The number of carboxylic acid groups (broad SMARTS) is 1. The third-order valence-corrected chi connectivity index (χ3v) is 2.82. The summed E-state index contributed by atoms with van der Waals surface area (Å²) in [6, 6.07) is 3.29. The molecule has 1 N–H and O–H groups in total. The van der Waals surface area contributed by atoms with E-state index in [1.165, 1.54) is 0 Å². The third kappa shape index (κ3) is 2.50. The van der Waals surface area contributed by atoms with Crippen LogP contribution in [0.25, 0.3) is 0 Å². The van der Waals surface area contributed by atoms with Crippen LogP contribution in [0.1, 0.15) is 29.8 Å². The molecule has 4 heteroatoms. The summed E-state index contributed by atoms with van der Waals surface area (Å²) in [6.07, 6.45) is 0.733. The van der Waals surface area contributed by atoms with Crippen LogP contribution in [0.5, 0.6) is 5.75 Å². The van der Waals surface area contributed by atoms with Crippen molar-refractivity contribution in [3.63, 3.8) is 0 Å². The van der Waals surface area contributed by atoms with E-state index in [4.69, 9.17) is 9.84 Å². The van der Waals surface area contributed by atoms with Crippen molar-refractivity contribution >= 4 is 21.9 Å². The Hall–Kier alpha value is -1.03. The average Bonchev–Trinajstić information content (AvgIpc) is 2.18. The van der Waals surface area contributed by atoms with E-state index in [0.29, 0.717) is 12.4 Å². The first-order valence-corrected chi connectivity index (χ1v) is 5.58. The number of hydrogen-bond donors (Lipinski definition) is 1. The Morgan fingerprint density at radius 3 is 2.60 bits per heavy atom. The quantitative estimate of drug-likeness (QED) is 0.916. The normalized spacial score (nSPS) is 10.1. The van der Waals surface area contributed by atoms with E-state index < -0.39 is 5.97 Å². The minimum absolute atomic E-state index is 0.219. The van der Waals surface area contributed by atoms with Crippen molar-refractivity contribution < 1.29 is 14.6 Å². The number of carboxylic acids is 1. The van der Waals surface area contributed by atoms with Gasteiger partial charge in [0.1, 0.15) is 11.3 Å². The first kappa shape index (κ1) is 12.0. The summed E-state index contributed by atoms with van der Waals surface area (Å²) in [4.78, 5) is 11.0. The molecule has 1 aromatic rings. The molecule has 0 unspecified atom stereocenters. The molecule has 1 rings (SSSR count). The molecule has 0 bridgehead atoms. The molecular weight excluding hydrogens is 260 g/mol. The van der Waals surface area contributed by atoms with E-state index in [0.717, 1.165) is 16.5 Å². The number of benzene rings is 1. The lowest BCUT2D eigenvalue weighted by atomic mass is 10.1. The van der Waals surface area contributed by atoms with E-state index in [-0.39, 0.29) is 5.56 Å². The highest BCUT2D eigenvalue weighted by molar-refractivity contribution is 9.10. The van der Waals surface area contributed by atoms with Gasteiger partial charge in [-0.15, -0.1) is 0 Å². The summed E-state index contributed by atoms with van der Waals surface area (Å²) in [5.41, 5.74) is 1.12. The van der Waals surface area contributed by atoms with Gasteiger partial charge in [0.25, 0.3) is 0 Å². The molecule has 3 nitrogen and oxygen atoms in total. The first-order chi connectivity index (χ1) is 7.11. The second-order valence-corrected chi connectivity index (χ2v) is 3.85. The Balaban J connectivity index is 3.34. The highest BCUT2D eigenvalue weighted by Crippen LogP contribution is 2.31. The van der Waals surface area contributed by atoms with Crippen LogP contribution in [0.15, 0.2) is 16.6 Å². The number of rotatable bonds is 4. The van der Waals surface area contributed by atoms with Gasteiger partial charge < -0.3 is 9.84 Å². The summed E-state index contributed by atoms with van der Waals surface area (Å²) in [5, 5.41) is 9.01. The molecule has 0 atom stereocenters. The molecule has 15 heavy (non-hydrogen) atoms. The zero-order valence-electron chi connectivity index (χ0n) is 8.71. The third-order valence-electron chi connectivity index (χ3n) is 2.08. The molecule has 0 aliphatic rings. The average molecular weight is 273 g/mol. The highest BCUT2D eigenvalue weighted by atomic mass is 79.9. The fraction of sp³-hybridized carbons (Fsp3) is 0.364. The Morgan fingerprint density at radius 2 is 2.13 bits per heavy atom. The minimum Gasteiger partial charge on any atom is -0.493 e. The van der Waals surface area contributed by atoms with E-state index in [2.05, 4.69) is 15.9 Å². The summed E-state index contributed by atoms with van der Waals surface area (Å²) in [6.45, 7) is 4.27. The Labute approximate surface area is 97.2 Å². The van der Waals surface area contributed by atoms with Crippen molar-refractivity contribution in [1.29, 1.82) is 0 Å². The molecule has 1 aromatic carbocycles. The SMILES string of the molecule is CCOc1c(C(=O)O)ccc(Br)c1CC. The van der Waals surface area contributed by atoms with Crippen molar-refractivity contribution in [3.05, 3.63) is 27.7 Å². The molecule has 0 fully saturated rings. The largest absolute Gasteiger partial charge is 0.493 e. The maximum absolute atomic E-state index is 11.0. The number of halogens is 1. The topological polar surface area (TPSA) is 46.5 Å². The van der Waals surface area contributed by atoms with Crippen molar-refractivity contribution in [1.82, 2.24) is 0 Å². The van der Waals surface area contributed by atoms with Gasteiger partial charge in [-0.2, -0.15) is 0 Å². The Kier molecular flexibility index (Phi) is 4.15. The van der Waals surface area contributed by atoms with Crippen molar-refractivity contribution in [2.45, 2.75) is 20.3 Å². The fourth-order valence-corrected chi connectivity index (χ4v) is 2.00. The lowest BCUT2D eigenvalue weighted by Crippen LogP contribution is -2.06. The molecular formula is C11H13BrO3. The van der Waals surface area contributed by atoms with Crippen molar-refractivity contribution in [2.24, 2.45) is 0 Å². The lowest BCUT2D eigenvalue weighted by molar-refractivity contribution is 0.0692. The molecule has 0 aliphatic heterocycles. The van der Waals surface area contributed by atoms with E-state index >= 15 is 0 Å². The maximum Gasteiger partial charge on any atom is 0.339 e. The summed E-state index contributed by atoms with van der Waals surface area (Å²) in [5.74, 6) is -0.484. The lowest BCUT2D eigenvalue weighted by Gasteiger charge is -2.13. The van der Waals surface area contributed by atoms with Crippen LogP contribution in [0.4, 0.5) is 0 Å². The predicted molar refractivity (Wildman–Crippen MR) is 61.6 cm³/mol. The van der Waals surface area contributed by atoms with Gasteiger partial charge in [-0.05, 0) is 25.5 Å². The Morgan fingerprint density at radius 1 is 1.47 bits per heavy atom. The molecule has 0 saturated heterocycles.